The van der Waals surface area contributed by atoms with Gasteiger partial charge in [0.25, 0.3) is 11.5 Å². The van der Waals surface area contributed by atoms with Crippen molar-refractivity contribution < 1.29 is 4.79 Å². The average Bonchev–Trinajstić information content (AvgIpc) is 3.42. The van der Waals surface area contributed by atoms with Crippen LogP contribution in [0.4, 0.5) is 0 Å². The molecule has 0 aliphatic rings. The summed E-state index contributed by atoms with van der Waals surface area (Å²) in [5.74, 6) is -0.216. The quantitative estimate of drug-likeness (QED) is 0.344. The van der Waals surface area contributed by atoms with Crippen molar-refractivity contribution in [1.82, 2.24) is 24.6 Å². The van der Waals surface area contributed by atoms with Crippen LogP contribution in [0.25, 0.3) is 33.5 Å². The molecule has 7 nitrogen and oxygen atoms in total. The molecule has 0 saturated carbocycles. The number of nitrogens with one attached hydrogen (secondary N) is 1. The zero-order valence-corrected chi connectivity index (χ0v) is 20.4. The predicted octanol–water partition coefficient (Wildman–Crippen LogP) is 5.17. The Morgan fingerprint density at radius 2 is 1.45 bits per heavy atom. The zero-order valence-electron chi connectivity index (χ0n) is 20.4. The SMILES string of the molecule is O=C(NCc1cn(-c2ccccc2)nc1-c1ccccc1)c1ccc(-n2cnc3ccccc3c2=O)cc1. The largest absolute Gasteiger partial charge is 0.348 e. The molecule has 6 rings (SSSR count). The van der Waals surface area contributed by atoms with E-state index in [1.165, 1.54) is 10.9 Å². The molecule has 184 valence electrons. The highest BCUT2D eigenvalue weighted by molar-refractivity contribution is 5.94. The van der Waals surface area contributed by atoms with Crippen LogP contribution in [-0.4, -0.2) is 25.2 Å². The number of hydrogen-bond donors (Lipinski definition) is 1. The average molecular weight is 498 g/mol. The normalized spacial score (nSPS) is 10.9. The van der Waals surface area contributed by atoms with E-state index >= 15 is 0 Å². The van der Waals surface area contributed by atoms with Gasteiger partial charge in [0.15, 0.2) is 0 Å². The van der Waals surface area contributed by atoms with Crippen molar-refractivity contribution in [2.75, 3.05) is 0 Å². The molecule has 2 heterocycles. The Morgan fingerprint density at radius 1 is 0.763 bits per heavy atom. The van der Waals surface area contributed by atoms with Gasteiger partial charge in [0.2, 0.25) is 0 Å². The predicted molar refractivity (Wildman–Crippen MR) is 148 cm³/mol. The van der Waals surface area contributed by atoms with Crippen LogP contribution >= 0.6 is 0 Å². The van der Waals surface area contributed by atoms with Crippen molar-refractivity contribution in [3.63, 3.8) is 0 Å². The van der Waals surface area contributed by atoms with Gasteiger partial charge in [-0.25, -0.2) is 9.67 Å². The van der Waals surface area contributed by atoms with Gasteiger partial charge in [-0.05, 0) is 48.5 Å². The molecule has 0 saturated heterocycles. The van der Waals surface area contributed by atoms with E-state index in [0.717, 1.165) is 22.5 Å². The van der Waals surface area contributed by atoms with Crippen molar-refractivity contribution in [2.45, 2.75) is 6.54 Å². The molecule has 6 aromatic rings. The van der Waals surface area contributed by atoms with Gasteiger partial charge in [-0.2, -0.15) is 5.10 Å². The van der Waals surface area contributed by atoms with Crippen LogP contribution in [0.2, 0.25) is 0 Å². The van der Waals surface area contributed by atoms with Crippen LogP contribution in [0.1, 0.15) is 15.9 Å². The lowest BCUT2D eigenvalue weighted by molar-refractivity contribution is 0.0951. The number of fused-ring (bicyclic) bond motifs is 1. The Kier molecular flexibility index (Phi) is 6.08. The molecule has 0 fully saturated rings. The highest BCUT2D eigenvalue weighted by Crippen LogP contribution is 2.24. The van der Waals surface area contributed by atoms with Gasteiger partial charge in [-0.1, -0.05) is 60.7 Å². The molecule has 0 atom stereocenters. The molecule has 0 unspecified atom stereocenters. The summed E-state index contributed by atoms with van der Waals surface area (Å²) < 4.78 is 3.31. The van der Waals surface area contributed by atoms with Crippen molar-refractivity contribution in [2.24, 2.45) is 0 Å². The summed E-state index contributed by atoms with van der Waals surface area (Å²) in [6.07, 6.45) is 3.45. The minimum Gasteiger partial charge on any atom is -0.348 e. The highest BCUT2D eigenvalue weighted by atomic mass is 16.1. The molecule has 2 aromatic heterocycles. The van der Waals surface area contributed by atoms with Gasteiger partial charge in [0.1, 0.15) is 6.33 Å². The summed E-state index contributed by atoms with van der Waals surface area (Å²) in [4.78, 5) is 30.3. The maximum absolute atomic E-state index is 13.0. The monoisotopic (exact) mass is 497 g/mol. The minimum absolute atomic E-state index is 0.156. The summed E-state index contributed by atoms with van der Waals surface area (Å²) in [6, 6.07) is 33.9. The van der Waals surface area contributed by atoms with Gasteiger partial charge in [-0.15, -0.1) is 0 Å². The van der Waals surface area contributed by atoms with Crippen LogP contribution in [0, 0.1) is 0 Å². The second kappa shape index (κ2) is 9.99. The third kappa shape index (κ3) is 4.49. The van der Waals surface area contributed by atoms with E-state index < -0.39 is 0 Å². The number of benzene rings is 4. The van der Waals surface area contributed by atoms with E-state index in [9.17, 15) is 9.59 Å². The van der Waals surface area contributed by atoms with Crippen molar-refractivity contribution in [3.05, 3.63) is 143 Å². The van der Waals surface area contributed by atoms with Gasteiger partial charge in [-0.3, -0.25) is 14.2 Å². The van der Waals surface area contributed by atoms with Crippen molar-refractivity contribution in [1.29, 1.82) is 0 Å². The second-order valence-corrected chi connectivity index (χ2v) is 8.82. The van der Waals surface area contributed by atoms with Crippen LogP contribution in [0.5, 0.6) is 0 Å². The Labute approximate surface area is 218 Å². The number of aromatic nitrogens is 4. The van der Waals surface area contributed by atoms with Crippen LogP contribution < -0.4 is 10.9 Å². The molecule has 1 amide bonds. The molecular weight excluding hydrogens is 474 g/mol. The lowest BCUT2D eigenvalue weighted by Crippen LogP contribution is -2.23. The van der Waals surface area contributed by atoms with E-state index in [4.69, 9.17) is 5.10 Å². The molecule has 0 aliphatic heterocycles. The third-order valence-corrected chi connectivity index (χ3v) is 6.37. The van der Waals surface area contributed by atoms with E-state index in [0.29, 0.717) is 28.7 Å². The van der Waals surface area contributed by atoms with Crippen LogP contribution in [0.3, 0.4) is 0 Å². The maximum Gasteiger partial charge on any atom is 0.265 e. The first-order valence-electron chi connectivity index (χ1n) is 12.2. The number of para-hydroxylation sites is 2. The Morgan fingerprint density at radius 3 is 2.21 bits per heavy atom. The summed E-state index contributed by atoms with van der Waals surface area (Å²) in [5, 5.41) is 8.36. The number of rotatable bonds is 6. The van der Waals surface area contributed by atoms with Gasteiger partial charge < -0.3 is 5.32 Å². The maximum atomic E-state index is 13.0. The summed E-state index contributed by atoms with van der Waals surface area (Å²) >= 11 is 0. The molecule has 7 heteroatoms. The van der Waals surface area contributed by atoms with E-state index in [-0.39, 0.29) is 11.5 Å². The highest BCUT2D eigenvalue weighted by Gasteiger charge is 2.14. The van der Waals surface area contributed by atoms with Crippen molar-refractivity contribution in [3.8, 4) is 22.6 Å². The van der Waals surface area contributed by atoms with Gasteiger partial charge in [0, 0.05) is 29.4 Å². The summed E-state index contributed by atoms with van der Waals surface area (Å²) in [7, 11) is 0. The lowest BCUT2D eigenvalue weighted by atomic mass is 10.1. The summed E-state index contributed by atoms with van der Waals surface area (Å²) in [6.45, 7) is 0.311. The second-order valence-electron chi connectivity index (χ2n) is 8.82. The van der Waals surface area contributed by atoms with Crippen LogP contribution in [0.15, 0.2) is 127 Å². The molecule has 4 aromatic carbocycles. The van der Waals surface area contributed by atoms with Crippen LogP contribution in [-0.2, 0) is 6.54 Å². The minimum atomic E-state index is -0.216. The first-order chi connectivity index (χ1) is 18.7. The molecule has 0 spiro atoms. The lowest BCUT2D eigenvalue weighted by Gasteiger charge is -2.09. The fourth-order valence-corrected chi connectivity index (χ4v) is 4.40. The number of amides is 1. The smallest absolute Gasteiger partial charge is 0.265 e. The van der Waals surface area contributed by atoms with Gasteiger partial charge in [0.05, 0.1) is 28.0 Å². The molecule has 0 bridgehead atoms. The van der Waals surface area contributed by atoms with E-state index in [1.54, 1.807) is 36.4 Å². The standard InChI is InChI=1S/C31H23N5O2/c37-30(23-15-17-25(18-16-23)35-21-33-28-14-8-7-13-27(28)31(35)38)32-19-24-20-36(26-11-5-2-6-12-26)34-29(24)22-9-3-1-4-10-22/h1-18,20-21H,19H2,(H,32,37). The van der Waals surface area contributed by atoms with E-state index in [2.05, 4.69) is 10.3 Å². The molecule has 0 radical (unpaired) electrons. The topological polar surface area (TPSA) is 81.8 Å². The van der Waals surface area contributed by atoms with Crippen molar-refractivity contribution >= 4 is 16.8 Å². The van der Waals surface area contributed by atoms with E-state index in [1.807, 2.05) is 83.7 Å². The number of carbonyl (C=O) groups is 1. The zero-order chi connectivity index (χ0) is 25.9. The fourth-order valence-electron chi connectivity index (χ4n) is 4.40. The first-order valence-corrected chi connectivity index (χ1v) is 12.2. The molecule has 0 aliphatic carbocycles. The number of hydrogen-bond acceptors (Lipinski definition) is 4. The first kappa shape index (κ1) is 23.1. The Hall–Kier alpha value is -5.30. The van der Waals surface area contributed by atoms with Gasteiger partial charge >= 0.3 is 0 Å². The fraction of sp³-hybridized carbons (Fsp3) is 0.0323. The molecular formula is C31H23N5O2. The third-order valence-electron chi connectivity index (χ3n) is 6.37. The Bertz CT molecular complexity index is 1790. The molecule has 38 heavy (non-hydrogen) atoms. The summed E-state index contributed by atoms with van der Waals surface area (Å²) in [5.41, 5.74) is 5.26. The number of carbonyl (C=O) groups excluding carboxylic acids is 1. The molecule has 1 N–H and O–H groups in total. The number of nitrogens with zero attached hydrogens (tertiary/aromatic N) is 4. The Balaban J connectivity index is 1.23.